The van der Waals surface area contributed by atoms with Gasteiger partial charge in [-0.25, -0.2) is 4.79 Å². The van der Waals surface area contributed by atoms with E-state index in [1.807, 2.05) is 20.8 Å². The van der Waals surface area contributed by atoms with Crippen LogP contribution < -0.4 is 5.32 Å². The van der Waals surface area contributed by atoms with E-state index in [4.69, 9.17) is 9.47 Å². The molecule has 108 valence electrons. The molecule has 5 heteroatoms. The number of carbonyl (C=O) groups is 2. The third kappa shape index (κ3) is 3.85. The van der Waals surface area contributed by atoms with Crippen LogP contribution in [0.15, 0.2) is 0 Å². The monoisotopic (exact) mass is 269 g/mol. The van der Waals surface area contributed by atoms with E-state index in [2.05, 4.69) is 5.32 Å². The second kappa shape index (κ2) is 5.39. The predicted octanol–water partition coefficient (Wildman–Crippen LogP) is 2.39. The smallest absolute Gasteiger partial charge is 0.407 e. The Morgan fingerprint density at radius 3 is 2.63 bits per heavy atom. The van der Waals surface area contributed by atoms with Crippen LogP contribution in [0.3, 0.4) is 0 Å². The van der Waals surface area contributed by atoms with Crippen LogP contribution in [0.4, 0.5) is 4.79 Å². The first-order chi connectivity index (χ1) is 8.85. The van der Waals surface area contributed by atoms with Crippen LogP contribution in [0.25, 0.3) is 0 Å². The molecule has 1 N–H and O–H groups in total. The molecule has 0 aromatic heterocycles. The molecule has 1 aliphatic carbocycles. The molecular formula is C14H23NO4. The maximum Gasteiger partial charge on any atom is 0.407 e. The number of esters is 1. The Labute approximate surface area is 114 Å². The summed E-state index contributed by atoms with van der Waals surface area (Å²) >= 11 is 0. The van der Waals surface area contributed by atoms with E-state index >= 15 is 0 Å². The molecule has 3 fully saturated rings. The van der Waals surface area contributed by atoms with Gasteiger partial charge in [-0.1, -0.05) is 0 Å². The molecular weight excluding hydrogens is 246 g/mol. The minimum atomic E-state index is -0.524. The van der Waals surface area contributed by atoms with Crippen molar-refractivity contribution in [2.24, 2.45) is 5.92 Å². The van der Waals surface area contributed by atoms with Gasteiger partial charge in [-0.15, -0.1) is 0 Å². The molecule has 0 aromatic rings. The molecule has 0 spiro atoms. The number of carbonyl (C=O) groups excluding carboxylic acids is 2. The molecule has 1 saturated carbocycles. The van der Waals surface area contributed by atoms with Crippen molar-refractivity contribution >= 4 is 12.1 Å². The number of hydrogen-bond acceptors (Lipinski definition) is 4. The Morgan fingerprint density at radius 1 is 1.26 bits per heavy atom. The highest BCUT2D eigenvalue weighted by Crippen LogP contribution is 2.31. The van der Waals surface area contributed by atoms with Crippen LogP contribution in [-0.2, 0) is 14.3 Å². The first-order valence-electron chi connectivity index (χ1n) is 7.05. The van der Waals surface area contributed by atoms with Gasteiger partial charge in [0.1, 0.15) is 11.7 Å². The fourth-order valence-corrected chi connectivity index (χ4v) is 2.76. The van der Waals surface area contributed by atoms with Gasteiger partial charge < -0.3 is 14.8 Å². The number of fused-ring (bicyclic) bond motifs is 5. The quantitative estimate of drug-likeness (QED) is 0.742. The lowest BCUT2D eigenvalue weighted by atomic mass is 9.83. The summed E-state index contributed by atoms with van der Waals surface area (Å²) < 4.78 is 10.6. The minimum Gasteiger partial charge on any atom is -0.462 e. The number of amides is 1. The maximum atomic E-state index is 11.9. The number of hydrogen-bond donors (Lipinski definition) is 1. The third-order valence-electron chi connectivity index (χ3n) is 3.61. The van der Waals surface area contributed by atoms with E-state index in [0.717, 1.165) is 32.1 Å². The van der Waals surface area contributed by atoms with E-state index < -0.39 is 11.7 Å². The van der Waals surface area contributed by atoms with E-state index in [1.165, 1.54) is 0 Å². The van der Waals surface area contributed by atoms with Crippen LogP contribution >= 0.6 is 0 Å². The van der Waals surface area contributed by atoms with Crippen LogP contribution in [0.1, 0.15) is 52.9 Å². The van der Waals surface area contributed by atoms with Crippen LogP contribution in [0, 0.1) is 5.92 Å². The largest absolute Gasteiger partial charge is 0.462 e. The Morgan fingerprint density at radius 2 is 2.00 bits per heavy atom. The number of rotatable bonds is 1. The van der Waals surface area contributed by atoms with Crippen LogP contribution in [0.2, 0.25) is 0 Å². The molecule has 2 saturated heterocycles. The van der Waals surface area contributed by atoms with Crippen molar-refractivity contribution in [3.63, 3.8) is 0 Å². The summed E-state index contributed by atoms with van der Waals surface area (Å²) in [5.41, 5.74) is -0.524. The normalized spacial score (nSPS) is 31.1. The summed E-state index contributed by atoms with van der Waals surface area (Å²) in [6.45, 7) is 5.47. The van der Waals surface area contributed by atoms with Gasteiger partial charge in [0.25, 0.3) is 0 Å². The first kappa shape index (κ1) is 14.2. The fraction of sp³-hybridized carbons (Fsp3) is 0.857. The molecule has 0 radical (unpaired) electrons. The van der Waals surface area contributed by atoms with Gasteiger partial charge >= 0.3 is 12.1 Å². The zero-order valence-electron chi connectivity index (χ0n) is 11.9. The van der Waals surface area contributed by atoms with Crippen molar-refractivity contribution < 1.29 is 19.1 Å². The summed E-state index contributed by atoms with van der Waals surface area (Å²) in [5, 5.41) is 2.84. The average molecular weight is 269 g/mol. The summed E-state index contributed by atoms with van der Waals surface area (Å²) in [7, 11) is 0. The fourth-order valence-electron chi connectivity index (χ4n) is 2.76. The summed E-state index contributed by atoms with van der Waals surface area (Å²) in [6, 6.07) is -0.163. The molecule has 2 aliphatic heterocycles. The summed E-state index contributed by atoms with van der Waals surface area (Å²) in [6.07, 6.45) is 4.02. The minimum absolute atomic E-state index is 0.0891. The molecule has 0 aromatic carbocycles. The summed E-state index contributed by atoms with van der Waals surface area (Å²) in [4.78, 5) is 23.7. The average Bonchev–Trinajstić information content (AvgIpc) is 2.22. The lowest BCUT2D eigenvalue weighted by Crippen LogP contribution is -2.49. The van der Waals surface area contributed by atoms with Crippen molar-refractivity contribution in [3.05, 3.63) is 0 Å². The molecule has 5 nitrogen and oxygen atoms in total. The second-order valence-electron chi connectivity index (χ2n) is 6.43. The predicted molar refractivity (Wildman–Crippen MR) is 69.6 cm³/mol. The molecule has 1 amide bonds. The standard InChI is InChI=1S/C14H23NO4/c1-14(2,3)19-13(17)15-11-6-4-5-9-7-8-10(11)12(16)18-9/h9-11H,4-8H2,1-3H3,(H,15,17)/t9-,10-,11+/m1/s1. The van der Waals surface area contributed by atoms with Crippen molar-refractivity contribution in [3.8, 4) is 0 Å². The lowest BCUT2D eigenvalue weighted by molar-refractivity contribution is -0.163. The molecule has 2 bridgehead atoms. The van der Waals surface area contributed by atoms with Gasteiger partial charge in [0.2, 0.25) is 0 Å². The van der Waals surface area contributed by atoms with Gasteiger partial charge in [0.15, 0.2) is 0 Å². The number of nitrogens with one attached hydrogen (secondary N) is 1. The van der Waals surface area contributed by atoms with Crippen molar-refractivity contribution in [1.29, 1.82) is 0 Å². The van der Waals surface area contributed by atoms with E-state index in [0.29, 0.717) is 0 Å². The van der Waals surface area contributed by atoms with Crippen molar-refractivity contribution in [2.45, 2.75) is 70.6 Å². The van der Waals surface area contributed by atoms with Crippen molar-refractivity contribution in [2.75, 3.05) is 0 Å². The topological polar surface area (TPSA) is 64.6 Å². The zero-order valence-corrected chi connectivity index (χ0v) is 11.9. The molecule has 3 atom stereocenters. The SMILES string of the molecule is CC(C)(C)OC(=O)N[C@H]1CCC[C@@H]2CC[C@H]1C(=O)O2. The van der Waals surface area contributed by atoms with E-state index in [1.54, 1.807) is 0 Å². The van der Waals surface area contributed by atoms with Gasteiger partial charge in [0, 0.05) is 6.04 Å². The first-order valence-corrected chi connectivity index (χ1v) is 7.05. The van der Waals surface area contributed by atoms with Gasteiger partial charge in [-0.2, -0.15) is 0 Å². The van der Waals surface area contributed by atoms with E-state index in [9.17, 15) is 9.59 Å². The highest BCUT2D eigenvalue weighted by Gasteiger charge is 2.38. The summed E-state index contributed by atoms with van der Waals surface area (Å²) in [5.74, 6) is -0.388. The van der Waals surface area contributed by atoms with E-state index in [-0.39, 0.29) is 24.0 Å². The number of ether oxygens (including phenoxy) is 2. The van der Waals surface area contributed by atoms with Gasteiger partial charge in [-0.05, 0) is 52.9 Å². The maximum absolute atomic E-state index is 11.9. The Hall–Kier alpha value is -1.26. The molecule has 2 heterocycles. The molecule has 19 heavy (non-hydrogen) atoms. The Kier molecular flexibility index (Phi) is 4.02. The second-order valence-corrected chi connectivity index (χ2v) is 6.43. The Balaban J connectivity index is 1.97. The number of alkyl carbamates (subject to hydrolysis) is 1. The van der Waals surface area contributed by atoms with Crippen molar-refractivity contribution in [1.82, 2.24) is 5.32 Å². The van der Waals surface area contributed by atoms with Crippen LogP contribution in [0.5, 0.6) is 0 Å². The highest BCUT2D eigenvalue weighted by molar-refractivity contribution is 5.76. The van der Waals surface area contributed by atoms with Gasteiger partial charge in [0.05, 0.1) is 5.92 Å². The molecule has 3 rings (SSSR count). The molecule has 0 unspecified atom stereocenters. The van der Waals surface area contributed by atoms with Crippen LogP contribution in [-0.4, -0.2) is 29.8 Å². The lowest BCUT2D eigenvalue weighted by Gasteiger charge is -2.36. The van der Waals surface area contributed by atoms with Gasteiger partial charge in [-0.3, -0.25) is 4.79 Å². The zero-order chi connectivity index (χ0) is 14.0. The third-order valence-corrected chi connectivity index (χ3v) is 3.61. The Bertz CT molecular complexity index is 359. The molecule has 3 aliphatic rings. The highest BCUT2D eigenvalue weighted by atomic mass is 16.6.